The molecular weight excluding hydrogens is 330 g/mol. The molecule has 0 radical (unpaired) electrons. The molecule has 2 N–H and O–H groups in total. The molecule has 0 unspecified atom stereocenters. The largest absolute Gasteiger partial charge is 0.467 e. The fourth-order valence-electron chi connectivity index (χ4n) is 2.40. The molecule has 0 bridgehead atoms. The lowest BCUT2D eigenvalue weighted by molar-refractivity contribution is 0.0947. The van der Waals surface area contributed by atoms with Crippen LogP contribution in [0.2, 0.25) is 0 Å². The Kier molecular flexibility index (Phi) is 5.43. The molecule has 6 nitrogen and oxygen atoms in total. The van der Waals surface area contributed by atoms with Gasteiger partial charge in [0, 0.05) is 18.1 Å². The van der Waals surface area contributed by atoms with Crippen molar-refractivity contribution in [3.05, 3.63) is 83.6 Å². The maximum atomic E-state index is 12.4. The Labute approximate surface area is 151 Å². The standard InChI is InChI=1S/C20H19N3O3/c1-2-14-5-7-17(8-6-14)23-20(25)16-10-15(11-21-12-16)19(24)22-13-18-4-3-9-26-18/h3-12H,2,13H2,1H3,(H,22,24)(H,23,25). The van der Waals surface area contributed by atoms with Crippen molar-refractivity contribution < 1.29 is 14.0 Å². The zero-order chi connectivity index (χ0) is 18.4. The molecule has 0 spiro atoms. The quantitative estimate of drug-likeness (QED) is 0.714. The minimum Gasteiger partial charge on any atom is -0.467 e. The first-order valence-corrected chi connectivity index (χ1v) is 8.31. The Hall–Kier alpha value is -3.41. The molecule has 2 aromatic heterocycles. The number of hydrogen-bond acceptors (Lipinski definition) is 4. The van der Waals surface area contributed by atoms with E-state index in [1.807, 2.05) is 24.3 Å². The lowest BCUT2D eigenvalue weighted by Gasteiger charge is -2.08. The number of carbonyl (C=O) groups is 2. The highest BCUT2D eigenvalue weighted by atomic mass is 16.3. The Morgan fingerprint density at radius 1 is 1.04 bits per heavy atom. The first-order valence-electron chi connectivity index (χ1n) is 8.31. The van der Waals surface area contributed by atoms with Crippen LogP contribution >= 0.6 is 0 Å². The number of aromatic nitrogens is 1. The molecule has 1 aromatic carbocycles. The Bertz CT molecular complexity index is 887. The van der Waals surface area contributed by atoms with Crippen molar-refractivity contribution in [3.8, 4) is 0 Å². The average Bonchev–Trinajstić information content (AvgIpc) is 3.20. The maximum absolute atomic E-state index is 12.4. The van der Waals surface area contributed by atoms with Gasteiger partial charge < -0.3 is 15.1 Å². The number of anilines is 1. The van der Waals surface area contributed by atoms with Gasteiger partial charge in [-0.2, -0.15) is 0 Å². The van der Waals surface area contributed by atoms with Crippen LogP contribution in [0.1, 0.15) is 39.0 Å². The van der Waals surface area contributed by atoms with Crippen molar-refractivity contribution in [2.75, 3.05) is 5.32 Å². The van der Waals surface area contributed by atoms with E-state index in [4.69, 9.17) is 4.42 Å². The van der Waals surface area contributed by atoms with Crippen LogP contribution in [-0.4, -0.2) is 16.8 Å². The lowest BCUT2D eigenvalue weighted by Crippen LogP contribution is -2.23. The number of nitrogens with zero attached hydrogens (tertiary/aromatic N) is 1. The summed E-state index contributed by atoms with van der Waals surface area (Å²) in [6, 6.07) is 12.7. The van der Waals surface area contributed by atoms with Crippen LogP contribution in [0.15, 0.2) is 65.5 Å². The van der Waals surface area contributed by atoms with Crippen LogP contribution in [-0.2, 0) is 13.0 Å². The summed E-state index contributed by atoms with van der Waals surface area (Å²) in [7, 11) is 0. The normalized spacial score (nSPS) is 10.3. The average molecular weight is 349 g/mol. The third kappa shape index (κ3) is 4.36. The first kappa shape index (κ1) is 17.4. The van der Waals surface area contributed by atoms with Crippen LogP contribution in [0.4, 0.5) is 5.69 Å². The predicted octanol–water partition coefficient (Wildman–Crippen LogP) is 3.42. The lowest BCUT2D eigenvalue weighted by atomic mass is 10.1. The van der Waals surface area contributed by atoms with E-state index in [1.165, 1.54) is 24.0 Å². The van der Waals surface area contributed by atoms with Crippen molar-refractivity contribution in [1.29, 1.82) is 0 Å². The monoisotopic (exact) mass is 349 g/mol. The van der Waals surface area contributed by atoms with E-state index in [2.05, 4.69) is 22.5 Å². The molecule has 3 aromatic rings. The number of benzene rings is 1. The topological polar surface area (TPSA) is 84.2 Å². The van der Waals surface area contributed by atoms with E-state index >= 15 is 0 Å². The number of amides is 2. The molecule has 0 aliphatic heterocycles. The van der Waals surface area contributed by atoms with Crippen molar-refractivity contribution >= 4 is 17.5 Å². The highest BCUT2D eigenvalue weighted by molar-refractivity contribution is 6.05. The zero-order valence-corrected chi connectivity index (χ0v) is 14.4. The van der Waals surface area contributed by atoms with Crippen LogP contribution in [0.25, 0.3) is 0 Å². The highest BCUT2D eigenvalue weighted by Gasteiger charge is 2.12. The van der Waals surface area contributed by atoms with Gasteiger partial charge in [-0.05, 0) is 42.3 Å². The Morgan fingerprint density at radius 2 is 1.77 bits per heavy atom. The summed E-state index contributed by atoms with van der Waals surface area (Å²) < 4.78 is 5.17. The van der Waals surface area contributed by atoms with Crippen molar-refractivity contribution in [2.45, 2.75) is 19.9 Å². The SMILES string of the molecule is CCc1ccc(NC(=O)c2cncc(C(=O)NCc3ccco3)c2)cc1. The summed E-state index contributed by atoms with van der Waals surface area (Å²) in [5, 5.41) is 5.53. The molecule has 2 amide bonds. The number of pyridine rings is 1. The van der Waals surface area contributed by atoms with Crippen LogP contribution in [0.5, 0.6) is 0 Å². The van der Waals surface area contributed by atoms with Gasteiger partial charge in [0.15, 0.2) is 0 Å². The molecular formula is C20H19N3O3. The number of rotatable bonds is 6. The van der Waals surface area contributed by atoms with Gasteiger partial charge in [0.05, 0.1) is 23.9 Å². The summed E-state index contributed by atoms with van der Waals surface area (Å²) in [6.07, 6.45) is 5.33. The van der Waals surface area contributed by atoms with Gasteiger partial charge in [0.1, 0.15) is 5.76 Å². The zero-order valence-electron chi connectivity index (χ0n) is 14.4. The third-order valence-electron chi connectivity index (χ3n) is 3.89. The van der Waals surface area contributed by atoms with Gasteiger partial charge in [-0.1, -0.05) is 19.1 Å². The van der Waals surface area contributed by atoms with Crippen LogP contribution < -0.4 is 10.6 Å². The molecule has 3 rings (SSSR count). The Balaban J connectivity index is 1.65. The Morgan fingerprint density at radius 3 is 2.42 bits per heavy atom. The maximum Gasteiger partial charge on any atom is 0.257 e. The van der Waals surface area contributed by atoms with Gasteiger partial charge >= 0.3 is 0 Å². The molecule has 132 valence electrons. The summed E-state index contributed by atoms with van der Waals surface area (Å²) in [5.41, 5.74) is 2.51. The molecule has 0 atom stereocenters. The summed E-state index contributed by atoms with van der Waals surface area (Å²) >= 11 is 0. The van der Waals surface area contributed by atoms with Gasteiger partial charge in [0.25, 0.3) is 11.8 Å². The number of furan rings is 1. The summed E-state index contributed by atoms with van der Waals surface area (Å²) in [4.78, 5) is 28.6. The van der Waals surface area contributed by atoms with Gasteiger partial charge in [0.2, 0.25) is 0 Å². The molecule has 6 heteroatoms. The van der Waals surface area contributed by atoms with Crippen molar-refractivity contribution in [3.63, 3.8) is 0 Å². The smallest absolute Gasteiger partial charge is 0.257 e. The van der Waals surface area contributed by atoms with Gasteiger partial charge in [-0.3, -0.25) is 14.6 Å². The summed E-state index contributed by atoms with van der Waals surface area (Å²) in [5.74, 6) is 0.00835. The number of aryl methyl sites for hydroxylation is 1. The van der Waals surface area contributed by atoms with E-state index in [0.29, 0.717) is 22.6 Å². The molecule has 2 heterocycles. The second kappa shape index (κ2) is 8.11. The highest BCUT2D eigenvalue weighted by Crippen LogP contribution is 2.12. The van der Waals surface area contributed by atoms with E-state index in [-0.39, 0.29) is 18.4 Å². The molecule has 0 fully saturated rings. The number of nitrogens with one attached hydrogen (secondary N) is 2. The molecule has 0 aliphatic rings. The van der Waals surface area contributed by atoms with E-state index < -0.39 is 0 Å². The number of carbonyl (C=O) groups excluding carboxylic acids is 2. The van der Waals surface area contributed by atoms with E-state index in [9.17, 15) is 9.59 Å². The van der Waals surface area contributed by atoms with Crippen LogP contribution in [0, 0.1) is 0 Å². The van der Waals surface area contributed by atoms with E-state index in [0.717, 1.165) is 6.42 Å². The van der Waals surface area contributed by atoms with Crippen molar-refractivity contribution in [1.82, 2.24) is 10.3 Å². The predicted molar refractivity (Wildman–Crippen MR) is 97.9 cm³/mol. The first-order chi connectivity index (χ1) is 12.7. The molecule has 0 aliphatic carbocycles. The summed E-state index contributed by atoms with van der Waals surface area (Å²) in [6.45, 7) is 2.34. The van der Waals surface area contributed by atoms with E-state index in [1.54, 1.807) is 18.4 Å². The van der Waals surface area contributed by atoms with Crippen molar-refractivity contribution in [2.24, 2.45) is 0 Å². The fraction of sp³-hybridized carbons (Fsp3) is 0.150. The molecule has 0 saturated carbocycles. The number of hydrogen-bond donors (Lipinski definition) is 2. The minimum absolute atomic E-state index is 0.270. The third-order valence-corrected chi connectivity index (χ3v) is 3.89. The second-order valence-electron chi connectivity index (χ2n) is 5.73. The minimum atomic E-state index is -0.323. The molecule has 0 saturated heterocycles. The van der Waals surface area contributed by atoms with Gasteiger partial charge in [-0.15, -0.1) is 0 Å². The second-order valence-corrected chi connectivity index (χ2v) is 5.73. The fourth-order valence-corrected chi connectivity index (χ4v) is 2.40. The molecule has 26 heavy (non-hydrogen) atoms. The van der Waals surface area contributed by atoms with Crippen LogP contribution in [0.3, 0.4) is 0 Å². The van der Waals surface area contributed by atoms with Gasteiger partial charge in [-0.25, -0.2) is 0 Å².